The number of morpholine rings is 1. The lowest BCUT2D eigenvalue weighted by atomic mass is 10.2. The van der Waals surface area contributed by atoms with Crippen LogP contribution in [0.4, 0.5) is 0 Å². The Bertz CT molecular complexity index is 270. The van der Waals surface area contributed by atoms with Crippen molar-refractivity contribution in [2.45, 2.75) is 25.9 Å². The highest BCUT2D eigenvalue weighted by atomic mass is 16.5. The average molecular weight is 230 g/mol. The fourth-order valence-corrected chi connectivity index (χ4v) is 1.70. The molecule has 1 aliphatic rings. The number of rotatable bonds is 4. The summed E-state index contributed by atoms with van der Waals surface area (Å²) >= 11 is 0. The molecule has 2 unspecified atom stereocenters. The minimum Gasteiger partial charge on any atom is -0.480 e. The van der Waals surface area contributed by atoms with E-state index in [1.165, 1.54) is 6.92 Å². The van der Waals surface area contributed by atoms with Gasteiger partial charge in [-0.25, -0.2) is 4.79 Å². The van der Waals surface area contributed by atoms with Crippen molar-refractivity contribution in [2.24, 2.45) is 0 Å². The van der Waals surface area contributed by atoms with E-state index in [0.717, 1.165) is 0 Å². The maximum Gasteiger partial charge on any atom is 0.327 e. The first-order chi connectivity index (χ1) is 7.50. The Kier molecular flexibility index (Phi) is 4.70. The van der Waals surface area contributed by atoms with Gasteiger partial charge in [0.1, 0.15) is 6.04 Å². The van der Waals surface area contributed by atoms with Gasteiger partial charge in [-0.1, -0.05) is 0 Å². The van der Waals surface area contributed by atoms with Crippen LogP contribution < -0.4 is 5.32 Å². The van der Waals surface area contributed by atoms with E-state index in [1.807, 2.05) is 11.8 Å². The first-order valence-electron chi connectivity index (χ1n) is 5.32. The molecule has 0 aromatic heterocycles. The largest absolute Gasteiger partial charge is 0.480 e. The highest BCUT2D eigenvalue weighted by Gasteiger charge is 2.26. The lowest BCUT2D eigenvalue weighted by molar-refractivity contribution is -0.142. The summed E-state index contributed by atoms with van der Waals surface area (Å²) in [6, 6.07) is -0.664. The van der Waals surface area contributed by atoms with Crippen LogP contribution >= 0.6 is 0 Å². The van der Waals surface area contributed by atoms with Crippen LogP contribution in [0.15, 0.2) is 0 Å². The summed E-state index contributed by atoms with van der Waals surface area (Å²) in [5.74, 6) is -1.33. The third kappa shape index (κ3) is 3.79. The Morgan fingerprint density at radius 3 is 2.81 bits per heavy atom. The van der Waals surface area contributed by atoms with Crippen molar-refractivity contribution in [3.8, 4) is 0 Å². The van der Waals surface area contributed by atoms with E-state index in [2.05, 4.69) is 5.32 Å². The Balaban J connectivity index is 2.52. The molecule has 0 aromatic rings. The molecule has 0 bridgehead atoms. The summed E-state index contributed by atoms with van der Waals surface area (Å²) in [6.07, 6.45) is 0. The van der Waals surface area contributed by atoms with Gasteiger partial charge in [0.05, 0.1) is 13.2 Å². The Morgan fingerprint density at radius 1 is 1.62 bits per heavy atom. The number of ether oxygens (including phenoxy) is 1. The molecule has 1 rings (SSSR count). The molecule has 1 aliphatic heterocycles. The Morgan fingerprint density at radius 2 is 2.31 bits per heavy atom. The lowest BCUT2D eigenvalue weighted by Crippen LogP contribution is -2.53. The SMILES string of the molecule is CC(=O)NC(CN1CCOCC1C)C(=O)O. The Labute approximate surface area is 94.6 Å². The lowest BCUT2D eigenvalue weighted by Gasteiger charge is -2.34. The molecule has 0 aliphatic carbocycles. The van der Waals surface area contributed by atoms with Gasteiger partial charge in [-0.05, 0) is 6.92 Å². The second-order valence-corrected chi connectivity index (χ2v) is 4.01. The molecule has 0 spiro atoms. The number of amides is 1. The summed E-state index contributed by atoms with van der Waals surface area (Å²) in [4.78, 5) is 23.8. The van der Waals surface area contributed by atoms with Crippen molar-refractivity contribution < 1.29 is 19.4 Å². The molecule has 1 heterocycles. The predicted octanol–water partition coefficient (Wildman–Crippen LogP) is -0.704. The number of carbonyl (C=O) groups is 2. The van der Waals surface area contributed by atoms with Crippen LogP contribution in [0, 0.1) is 0 Å². The first kappa shape index (κ1) is 12.9. The minimum absolute atomic E-state index is 0.185. The molecule has 6 nitrogen and oxygen atoms in total. The van der Waals surface area contributed by atoms with E-state index in [-0.39, 0.29) is 11.9 Å². The van der Waals surface area contributed by atoms with Crippen molar-refractivity contribution in [1.82, 2.24) is 10.2 Å². The summed E-state index contributed by atoms with van der Waals surface area (Å²) in [7, 11) is 0. The van der Waals surface area contributed by atoms with Crippen LogP contribution in [-0.2, 0) is 14.3 Å². The van der Waals surface area contributed by atoms with Crippen LogP contribution in [0.25, 0.3) is 0 Å². The maximum absolute atomic E-state index is 10.9. The fraction of sp³-hybridized carbons (Fsp3) is 0.800. The smallest absolute Gasteiger partial charge is 0.327 e. The topological polar surface area (TPSA) is 78.9 Å². The van der Waals surface area contributed by atoms with Crippen molar-refractivity contribution in [1.29, 1.82) is 0 Å². The van der Waals surface area contributed by atoms with Gasteiger partial charge in [0.2, 0.25) is 5.91 Å². The van der Waals surface area contributed by atoms with Crippen LogP contribution in [0.3, 0.4) is 0 Å². The zero-order valence-corrected chi connectivity index (χ0v) is 9.60. The number of carboxylic acid groups (broad SMARTS) is 1. The van der Waals surface area contributed by atoms with Crippen molar-refractivity contribution in [3.63, 3.8) is 0 Å². The molecule has 92 valence electrons. The summed E-state index contributed by atoms with van der Waals surface area (Å²) in [5, 5.41) is 11.4. The van der Waals surface area contributed by atoms with Crippen molar-refractivity contribution >= 4 is 11.9 Å². The zero-order chi connectivity index (χ0) is 12.1. The number of nitrogens with one attached hydrogen (secondary N) is 1. The second kappa shape index (κ2) is 5.81. The van der Waals surface area contributed by atoms with Gasteiger partial charge >= 0.3 is 5.97 Å². The predicted molar refractivity (Wildman–Crippen MR) is 57.1 cm³/mol. The fourth-order valence-electron chi connectivity index (χ4n) is 1.70. The number of carbonyl (C=O) groups excluding carboxylic acids is 1. The van der Waals surface area contributed by atoms with Crippen molar-refractivity contribution in [2.75, 3.05) is 26.3 Å². The van der Waals surface area contributed by atoms with Crippen LogP contribution in [-0.4, -0.2) is 60.3 Å². The monoisotopic (exact) mass is 230 g/mol. The highest BCUT2D eigenvalue weighted by Crippen LogP contribution is 2.06. The van der Waals surface area contributed by atoms with Crippen LogP contribution in [0.1, 0.15) is 13.8 Å². The average Bonchev–Trinajstić information content (AvgIpc) is 2.19. The van der Waals surface area contributed by atoms with E-state index in [1.54, 1.807) is 0 Å². The van der Waals surface area contributed by atoms with Gasteiger partial charge < -0.3 is 15.2 Å². The van der Waals surface area contributed by atoms with Gasteiger partial charge in [-0.15, -0.1) is 0 Å². The molecule has 6 heteroatoms. The molecule has 1 amide bonds. The van der Waals surface area contributed by atoms with E-state index in [0.29, 0.717) is 26.3 Å². The summed E-state index contributed by atoms with van der Waals surface area (Å²) < 4.78 is 5.26. The zero-order valence-electron chi connectivity index (χ0n) is 9.60. The quantitative estimate of drug-likeness (QED) is 0.667. The first-order valence-corrected chi connectivity index (χ1v) is 5.32. The third-order valence-electron chi connectivity index (χ3n) is 2.60. The molecule has 0 radical (unpaired) electrons. The van der Waals surface area contributed by atoms with E-state index >= 15 is 0 Å². The maximum atomic E-state index is 10.9. The van der Waals surface area contributed by atoms with Crippen molar-refractivity contribution in [3.05, 3.63) is 0 Å². The number of aliphatic carboxylic acids is 1. The van der Waals surface area contributed by atoms with E-state index < -0.39 is 12.0 Å². The van der Waals surface area contributed by atoms with Crippen LogP contribution in [0.5, 0.6) is 0 Å². The molecule has 2 N–H and O–H groups in total. The van der Waals surface area contributed by atoms with Gasteiger partial charge in [0, 0.05) is 26.1 Å². The molecule has 0 saturated carbocycles. The van der Waals surface area contributed by atoms with E-state index in [9.17, 15) is 9.59 Å². The normalized spacial score (nSPS) is 23.8. The molecular weight excluding hydrogens is 212 g/mol. The number of hydrogen-bond acceptors (Lipinski definition) is 4. The third-order valence-corrected chi connectivity index (χ3v) is 2.60. The molecule has 2 atom stereocenters. The number of carboxylic acids is 1. The standard InChI is InChI=1S/C10H18N2O4/c1-7-6-16-4-3-12(7)5-9(10(14)15)11-8(2)13/h7,9H,3-6H2,1-2H3,(H,11,13)(H,14,15). The van der Waals surface area contributed by atoms with E-state index in [4.69, 9.17) is 9.84 Å². The summed E-state index contributed by atoms with van der Waals surface area (Å²) in [6.45, 7) is 5.53. The highest BCUT2D eigenvalue weighted by molar-refractivity contribution is 5.82. The van der Waals surface area contributed by atoms with Gasteiger partial charge in [0.15, 0.2) is 0 Å². The second-order valence-electron chi connectivity index (χ2n) is 4.01. The summed E-state index contributed by atoms with van der Waals surface area (Å²) in [5.41, 5.74) is 0. The number of nitrogens with zero attached hydrogens (tertiary/aromatic N) is 1. The number of hydrogen-bond donors (Lipinski definition) is 2. The molecular formula is C10H18N2O4. The molecule has 0 aromatic carbocycles. The Hall–Kier alpha value is -1.14. The van der Waals surface area contributed by atoms with Gasteiger partial charge in [-0.3, -0.25) is 9.69 Å². The van der Waals surface area contributed by atoms with Gasteiger partial charge in [-0.2, -0.15) is 0 Å². The minimum atomic E-state index is -1.01. The molecule has 1 fully saturated rings. The molecule has 1 saturated heterocycles. The molecule has 16 heavy (non-hydrogen) atoms. The van der Waals surface area contributed by atoms with Crippen LogP contribution in [0.2, 0.25) is 0 Å². The van der Waals surface area contributed by atoms with Gasteiger partial charge in [0.25, 0.3) is 0 Å².